The Labute approximate surface area is 134 Å². The average Bonchev–Trinajstić information content (AvgIpc) is 2.50. The van der Waals surface area contributed by atoms with Crippen molar-refractivity contribution in [2.75, 3.05) is 33.9 Å². The van der Waals surface area contributed by atoms with Gasteiger partial charge in [-0.3, -0.25) is 0 Å². The molecule has 0 heterocycles. The zero-order chi connectivity index (χ0) is 15.8. The number of benzene rings is 1. The maximum atomic E-state index is 10.1. The van der Waals surface area contributed by atoms with E-state index in [4.69, 9.17) is 9.47 Å². The summed E-state index contributed by atoms with van der Waals surface area (Å²) in [5.74, 6) is 1.31. The van der Waals surface area contributed by atoms with Gasteiger partial charge in [-0.2, -0.15) is 0 Å². The van der Waals surface area contributed by atoms with Gasteiger partial charge in [-0.15, -0.1) is 0 Å². The van der Waals surface area contributed by atoms with Gasteiger partial charge in [0.2, 0.25) is 0 Å². The van der Waals surface area contributed by atoms with Crippen LogP contribution >= 0.6 is 0 Å². The first kappa shape index (κ1) is 17.3. The summed E-state index contributed by atoms with van der Waals surface area (Å²) in [7, 11) is 3.80. The molecule has 22 heavy (non-hydrogen) atoms. The van der Waals surface area contributed by atoms with E-state index in [9.17, 15) is 5.11 Å². The van der Waals surface area contributed by atoms with Gasteiger partial charge in [-0.25, -0.2) is 0 Å². The van der Waals surface area contributed by atoms with Crippen molar-refractivity contribution in [1.29, 1.82) is 0 Å². The van der Waals surface area contributed by atoms with Crippen LogP contribution in [0.2, 0.25) is 0 Å². The van der Waals surface area contributed by atoms with Crippen LogP contribution in [0.3, 0.4) is 0 Å². The molecule has 1 aromatic rings. The lowest BCUT2D eigenvalue weighted by atomic mass is 9.86. The molecule has 4 nitrogen and oxygen atoms in total. The second-order valence-corrected chi connectivity index (χ2v) is 6.30. The van der Waals surface area contributed by atoms with E-state index < -0.39 is 0 Å². The van der Waals surface area contributed by atoms with E-state index in [1.54, 1.807) is 7.11 Å². The Balaban J connectivity index is 1.82. The summed E-state index contributed by atoms with van der Waals surface area (Å²) in [6.45, 7) is 3.01. The highest BCUT2D eigenvalue weighted by molar-refractivity contribution is 5.28. The van der Waals surface area contributed by atoms with Crippen LogP contribution < -0.4 is 4.74 Å². The van der Waals surface area contributed by atoms with E-state index >= 15 is 0 Å². The van der Waals surface area contributed by atoms with E-state index in [0.717, 1.165) is 31.7 Å². The molecule has 1 saturated carbocycles. The number of ether oxygens (including phenoxy) is 2. The fourth-order valence-electron chi connectivity index (χ4n) is 3.15. The monoisotopic (exact) mass is 307 g/mol. The number of methoxy groups -OCH3 is 1. The minimum atomic E-state index is -0.125. The second kappa shape index (κ2) is 9.13. The minimum Gasteiger partial charge on any atom is -0.491 e. The standard InChI is InChI=1S/C18H29NO3/c1-19(14-16-7-3-4-9-18(16)20)13-15-6-5-8-17(12-15)22-11-10-21-2/h5-6,8,12,16,18,20H,3-4,7,9-11,13-14H2,1-2H3. The van der Waals surface area contributed by atoms with Crippen LogP contribution in [0.4, 0.5) is 0 Å². The summed E-state index contributed by atoms with van der Waals surface area (Å²) in [4.78, 5) is 2.30. The predicted octanol–water partition coefficient (Wildman–Crippen LogP) is 2.69. The third kappa shape index (κ3) is 5.59. The molecule has 2 unspecified atom stereocenters. The van der Waals surface area contributed by atoms with Crippen molar-refractivity contribution in [2.24, 2.45) is 5.92 Å². The van der Waals surface area contributed by atoms with Crippen molar-refractivity contribution < 1.29 is 14.6 Å². The topological polar surface area (TPSA) is 41.9 Å². The van der Waals surface area contributed by atoms with Crippen LogP contribution in [0.15, 0.2) is 24.3 Å². The summed E-state index contributed by atoms with van der Waals surface area (Å²) in [6, 6.07) is 8.21. The Kier molecular flexibility index (Phi) is 7.16. The summed E-state index contributed by atoms with van der Waals surface area (Å²) in [5.41, 5.74) is 1.24. The molecule has 0 spiro atoms. The molecule has 0 radical (unpaired) electrons. The van der Waals surface area contributed by atoms with Gasteiger partial charge in [-0.1, -0.05) is 25.0 Å². The highest BCUT2D eigenvalue weighted by Gasteiger charge is 2.24. The average molecular weight is 307 g/mol. The molecule has 4 heteroatoms. The Morgan fingerprint density at radius 2 is 2.05 bits per heavy atom. The fraction of sp³-hybridized carbons (Fsp3) is 0.667. The lowest BCUT2D eigenvalue weighted by molar-refractivity contribution is 0.0501. The molecule has 2 atom stereocenters. The van der Waals surface area contributed by atoms with Gasteiger partial charge in [0.15, 0.2) is 0 Å². The van der Waals surface area contributed by atoms with E-state index in [1.165, 1.54) is 18.4 Å². The van der Waals surface area contributed by atoms with Gasteiger partial charge in [0, 0.05) is 20.2 Å². The number of hydrogen-bond acceptors (Lipinski definition) is 4. The quantitative estimate of drug-likeness (QED) is 0.750. The Bertz CT molecular complexity index is 438. The smallest absolute Gasteiger partial charge is 0.119 e. The number of aliphatic hydroxyl groups excluding tert-OH is 1. The Morgan fingerprint density at radius 3 is 2.82 bits per heavy atom. The zero-order valence-corrected chi connectivity index (χ0v) is 13.8. The van der Waals surface area contributed by atoms with E-state index in [1.807, 2.05) is 12.1 Å². The van der Waals surface area contributed by atoms with Crippen LogP contribution in [0.1, 0.15) is 31.2 Å². The van der Waals surface area contributed by atoms with Crippen LogP contribution in [0.25, 0.3) is 0 Å². The van der Waals surface area contributed by atoms with E-state index in [2.05, 4.69) is 24.1 Å². The molecule has 0 amide bonds. The third-order valence-electron chi connectivity index (χ3n) is 4.32. The summed E-state index contributed by atoms with van der Waals surface area (Å²) >= 11 is 0. The molecule has 1 fully saturated rings. The molecule has 1 aliphatic rings. The molecule has 0 aromatic heterocycles. The van der Waals surface area contributed by atoms with Gasteiger partial charge in [-0.05, 0) is 43.5 Å². The van der Waals surface area contributed by atoms with Crippen molar-refractivity contribution in [3.63, 3.8) is 0 Å². The van der Waals surface area contributed by atoms with Crippen LogP contribution in [-0.2, 0) is 11.3 Å². The maximum absolute atomic E-state index is 10.1. The van der Waals surface area contributed by atoms with E-state index in [0.29, 0.717) is 19.1 Å². The molecule has 0 bridgehead atoms. The summed E-state index contributed by atoms with van der Waals surface area (Å²) in [6.07, 6.45) is 4.40. The number of nitrogens with zero attached hydrogens (tertiary/aromatic N) is 1. The van der Waals surface area contributed by atoms with Gasteiger partial charge < -0.3 is 19.5 Å². The Morgan fingerprint density at radius 1 is 1.23 bits per heavy atom. The highest BCUT2D eigenvalue weighted by Crippen LogP contribution is 2.25. The molecule has 2 rings (SSSR count). The second-order valence-electron chi connectivity index (χ2n) is 6.30. The van der Waals surface area contributed by atoms with E-state index in [-0.39, 0.29) is 6.10 Å². The molecular formula is C18H29NO3. The third-order valence-corrected chi connectivity index (χ3v) is 4.32. The molecular weight excluding hydrogens is 278 g/mol. The van der Waals surface area contributed by atoms with Crippen LogP contribution in [0, 0.1) is 5.92 Å². The largest absolute Gasteiger partial charge is 0.491 e. The first-order chi connectivity index (χ1) is 10.7. The van der Waals surface area contributed by atoms with Crippen molar-refractivity contribution in [1.82, 2.24) is 4.90 Å². The summed E-state index contributed by atoms with van der Waals surface area (Å²) < 4.78 is 10.6. The molecule has 1 aromatic carbocycles. The van der Waals surface area contributed by atoms with Crippen molar-refractivity contribution >= 4 is 0 Å². The summed E-state index contributed by atoms with van der Waals surface area (Å²) in [5, 5.41) is 10.1. The lowest BCUT2D eigenvalue weighted by Crippen LogP contribution is -2.34. The van der Waals surface area contributed by atoms with Crippen LogP contribution in [0.5, 0.6) is 5.75 Å². The number of rotatable bonds is 8. The van der Waals surface area contributed by atoms with Gasteiger partial charge in [0.1, 0.15) is 12.4 Å². The molecule has 0 saturated heterocycles. The van der Waals surface area contributed by atoms with Gasteiger partial charge >= 0.3 is 0 Å². The SMILES string of the molecule is COCCOc1cccc(CN(C)CC2CCCCC2O)c1. The Hall–Kier alpha value is -1.10. The number of aliphatic hydroxyl groups is 1. The molecule has 1 aliphatic carbocycles. The van der Waals surface area contributed by atoms with Crippen molar-refractivity contribution in [3.8, 4) is 5.75 Å². The predicted molar refractivity (Wildman–Crippen MR) is 88.1 cm³/mol. The minimum absolute atomic E-state index is 0.125. The van der Waals surface area contributed by atoms with Crippen molar-refractivity contribution in [2.45, 2.75) is 38.3 Å². The first-order valence-electron chi connectivity index (χ1n) is 8.26. The zero-order valence-electron chi connectivity index (χ0n) is 13.8. The lowest BCUT2D eigenvalue weighted by Gasteiger charge is -2.31. The normalized spacial score (nSPS) is 22.0. The van der Waals surface area contributed by atoms with Crippen molar-refractivity contribution in [3.05, 3.63) is 29.8 Å². The maximum Gasteiger partial charge on any atom is 0.119 e. The van der Waals surface area contributed by atoms with Gasteiger partial charge in [0.25, 0.3) is 0 Å². The molecule has 0 aliphatic heterocycles. The first-order valence-corrected chi connectivity index (χ1v) is 8.26. The van der Waals surface area contributed by atoms with Gasteiger partial charge in [0.05, 0.1) is 12.7 Å². The fourth-order valence-corrected chi connectivity index (χ4v) is 3.15. The number of hydrogen-bond donors (Lipinski definition) is 1. The van der Waals surface area contributed by atoms with Crippen LogP contribution in [-0.4, -0.2) is 50.0 Å². The highest BCUT2D eigenvalue weighted by atomic mass is 16.5. The molecule has 124 valence electrons. The molecule has 1 N–H and O–H groups in total.